The Morgan fingerprint density at radius 3 is 3.00 bits per heavy atom. The van der Waals surface area contributed by atoms with Crippen molar-refractivity contribution in [2.45, 2.75) is 57.5 Å². The van der Waals surface area contributed by atoms with Gasteiger partial charge in [-0.05, 0) is 39.2 Å². The van der Waals surface area contributed by atoms with Gasteiger partial charge in [0.2, 0.25) is 0 Å². The van der Waals surface area contributed by atoms with Gasteiger partial charge in [-0.25, -0.2) is 4.98 Å². The van der Waals surface area contributed by atoms with Gasteiger partial charge in [0.05, 0.1) is 11.7 Å². The number of hydrogen-bond donors (Lipinski definition) is 1. The van der Waals surface area contributed by atoms with Crippen LogP contribution >= 0.6 is 0 Å². The van der Waals surface area contributed by atoms with Crippen LogP contribution in [0.1, 0.15) is 62.6 Å². The summed E-state index contributed by atoms with van der Waals surface area (Å²) in [6, 6.07) is 1.16. The molecule has 2 aliphatic rings. The molecule has 0 aliphatic carbocycles. The van der Waals surface area contributed by atoms with Crippen LogP contribution in [-0.4, -0.2) is 16.1 Å². The topological polar surface area (TPSA) is 29.9 Å². The van der Waals surface area contributed by atoms with Crippen molar-refractivity contribution in [2.75, 3.05) is 6.54 Å². The fourth-order valence-corrected chi connectivity index (χ4v) is 2.99. The van der Waals surface area contributed by atoms with E-state index in [-0.39, 0.29) is 0 Å². The minimum Gasteiger partial charge on any atom is -0.332 e. The van der Waals surface area contributed by atoms with Crippen molar-refractivity contribution >= 4 is 0 Å². The molecule has 3 heteroatoms. The van der Waals surface area contributed by atoms with Crippen molar-refractivity contribution in [3.63, 3.8) is 0 Å². The van der Waals surface area contributed by atoms with Gasteiger partial charge in [0.25, 0.3) is 0 Å². The highest BCUT2D eigenvalue weighted by atomic mass is 15.1. The molecule has 88 valence electrons. The number of nitrogens with one attached hydrogen (secondary N) is 1. The molecule has 1 aromatic heterocycles. The number of aryl methyl sites for hydroxylation is 1. The van der Waals surface area contributed by atoms with E-state index in [0.717, 1.165) is 13.0 Å². The molecule has 0 bridgehead atoms. The third kappa shape index (κ3) is 1.77. The van der Waals surface area contributed by atoms with E-state index in [0.29, 0.717) is 12.1 Å². The number of piperidine rings is 1. The zero-order chi connectivity index (χ0) is 11.0. The van der Waals surface area contributed by atoms with Gasteiger partial charge in [0.15, 0.2) is 0 Å². The average Bonchev–Trinajstić information content (AvgIpc) is 2.76. The van der Waals surface area contributed by atoms with Crippen LogP contribution in [0.3, 0.4) is 0 Å². The number of nitrogens with zero attached hydrogens (tertiary/aromatic N) is 2. The Morgan fingerprint density at radius 1 is 1.31 bits per heavy atom. The van der Waals surface area contributed by atoms with Crippen molar-refractivity contribution in [1.82, 2.24) is 14.9 Å². The number of aromatic nitrogens is 2. The highest BCUT2D eigenvalue weighted by Crippen LogP contribution is 2.28. The van der Waals surface area contributed by atoms with Crippen molar-refractivity contribution < 1.29 is 0 Å². The SMILES string of the molecule is C[C@H]1CCCc2nc([C@H]3CCCCN3)cn21. The number of hydrogen-bond acceptors (Lipinski definition) is 2. The zero-order valence-electron chi connectivity index (χ0n) is 10.1. The van der Waals surface area contributed by atoms with Gasteiger partial charge < -0.3 is 9.88 Å². The smallest absolute Gasteiger partial charge is 0.109 e. The first-order valence-corrected chi connectivity index (χ1v) is 6.65. The second kappa shape index (κ2) is 4.21. The van der Waals surface area contributed by atoms with Gasteiger partial charge in [-0.2, -0.15) is 0 Å². The molecule has 0 spiro atoms. The van der Waals surface area contributed by atoms with Gasteiger partial charge in [0, 0.05) is 18.7 Å². The lowest BCUT2D eigenvalue weighted by Gasteiger charge is -2.21. The van der Waals surface area contributed by atoms with Gasteiger partial charge in [0.1, 0.15) is 5.82 Å². The van der Waals surface area contributed by atoms with E-state index >= 15 is 0 Å². The lowest BCUT2D eigenvalue weighted by Crippen LogP contribution is -2.27. The van der Waals surface area contributed by atoms with Crippen molar-refractivity contribution in [1.29, 1.82) is 0 Å². The summed E-state index contributed by atoms with van der Waals surface area (Å²) < 4.78 is 2.40. The third-order valence-corrected chi connectivity index (χ3v) is 3.99. The second-order valence-corrected chi connectivity index (χ2v) is 5.23. The highest BCUT2D eigenvalue weighted by Gasteiger charge is 2.22. The first kappa shape index (κ1) is 10.3. The molecule has 1 saturated heterocycles. The summed E-state index contributed by atoms with van der Waals surface area (Å²) in [7, 11) is 0. The summed E-state index contributed by atoms with van der Waals surface area (Å²) in [5, 5.41) is 3.58. The minimum atomic E-state index is 0.513. The lowest BCUT2D eigenvalue weighted by atomic mass is 10.0. The van der Waals surface area contributed by atoms with E-state index in [1.165, 1.54) is 43.6 Å². The normalized spacial score (nSPS) is 30.1. The molecule has 3 rings (SSSR count). The molecule has 16 heavy (non-hydrogen) atoms. The number of fused-ring (bicyclic) bond motifs is 1. The highest BCUT2D eigenvalue weighted by molar-refractivity contribution is 5.12. The predicted octanol–water partition coefficient (Wildman–Crippen LogP) is 2.60. The van der Waals surface area contributed by atoms with Crippen LogP contribution in [0.25, 0.3) is 0 Å². The molecular formula is C13H21N3. The van der Waals surface area contributed by atoms with Crippen molar-refractivity contribution in [2.24, 2.45) is 0 Å². The van der Waals surface area contributed by atoms with Gasteiger partial charge in [-0.1, -0.05) is 6.42 Å². The van der Waals surface area contributed by atoms with E-state index < -0.39 is 0 Å². The summed E-state index contributed by atoms with van der Waals surface area (Å²) in [4.78, 5) is 4.83. The fraction of sp³-hybridized carbons (Fsp3) is 0.769. The van der Waals surface area contributed by atoms with Crippen molar-refractivity contribution in [3.05, 3.63) is 17.7 Å². The molecule has 0 saturated carbocycles. The molecular weight excluding hydrogens is 198 g/mol. The monoisotopic (exact) mass is 219 g/mol. The molecule has 0 amide bonds. The molecule has 3 heterocycles. The van der Waals surface area contributed by atoms with Crippen LogP contribution in [-0.2, 0) is 6.42 Å². The molecule has 1 N–H and O–H groups in total. The Bertz CT molecular complexity index is 363. The molecule has 1 fully saturated rings. The first-order valence-electron chi connectivity index (χ1n) is 6.65. The zero-order valence-corrected chi connectivity index (χ0v) is 10.1. The summed E-state index contributed by atoms with van der Waals surface area (Å²) in [5.74, 6) is 1.31. The van der Waals surface area contributed by atoms with Gasteiger partial charge in [-0.15, -0.1) is 0 Å². The van der Waals surface area contributed by atoms with Crippen molar-refractivity contribution in [3.8, 4) is 0 Å². The Hall–Kier alpha value is -0.830. The summed E-state index contributed by atoms with van der Waals surface area (Å²) in [6.45, 7) is 3.46. The fourth-order valence-electron chi connectivity index (χ4n) is 2.99. The van der Waals surface area contributed by atoms with E-state index in [4.69, 9.17) is 4.98 Å². The predicted molar refractivity (Wildman–Crippen MR) is 64.5 cm³/mol. The van der Waals surface area contributed by atoms with Crippen LogP contribution in [0.15, 0.2) is 6.20 Å². The van der Waals surface area contributed by atoms with Crippen LogP contribution < -0.4 is 5.32 Å². The minimum absolute atomic E-state index is 0.513. The Kier molecular flexibility index (Phi) is 2.72. The molecule has 0 radical (unpaired) electrons. The summed E-state index contributed by atoms with van der Waals surface area (Å²) in [6.07, 6.45) is 9.98. The van der Waals surface area contributed by atoms with Crippen LogP contribution in [0, 0.1) is 0 Å². The second-order valence-electron chi connectivity index (χ2n) is 5.23. The van der Waals surface area contributed by atoms with Gasteiger partial charge in [-0.3, -0.25) is 0 Å². The van der Waals surface area contributed by atoms with E-state index in [9.17, 15) is 0 Å². The van der Waals surface area contributed by atoms with Gasteiger partial charge >= 0.3 is 0 Å². The van der Waals surface area contributed by atoms with Crippen LogP contribution in [0.5, 0.6) is 0 Å². The van der Waals surface area contributed by atoms with Crippen LogP contribution in [0.2, 0.25) is 0 Å². The van der Waals surface area contributed by atoms with E-state index in [1.54, 1.807) is 0 Å². The third-order valence-electron chi connectivity index (χ3n) is 3.99. The molecule has 1 aromatic rings. The summed E-state index contributed by atoms with van der Waals surface area (Å²) >= 11 is 0. The first-order chi connectivity index (χ1) is 7.84. The maximum Gasteiger partial charge on any atom is 0.109 e. The molecule has 2 aliphatic heterocycles. The number of imidazole rings is 1. The van der Waals surface area contributed by atoms with Crippen LogP contribution in [0.4, 0.5) is 0 Å². The molecule has 0 aromatic carbocycles. The summed E-state index contributed by atoms with van der Waals surface area (Å²) in [5.41, 5.74) is 1.28. The maximum atomic E-state index is 4.83. The Balaban J connectivity index is 1.85. The van der Waals surface area contributed by atoms with E-state index in [2.05, 4.69) is 23.0 Å². The molecule has 2 atom stereocenters. The molecule has 0 unspecified atom stereocenters. The van der Waals surface area contributed by atoms with E-state index in [1.807, 2.05) is 0 Å². The lowest BCUT2D eigenvalue weighted by molar-refractivity contribution is 0.405. The average molecular weight is 219 g/mol. The molecule has 3 nitrogen and oxygen atoms in total. The Labute approximate surface area is 97.3 Å². The maximum absolute atomic E-state index is 4.83. The number of rotatable bonds is 1. The quantitative estimate of drug-likeness (QED) is 0.787. The standard InChI is InChI=1S/C13H21N3/c1-10-5-4-7-13-15-12(9-16(10)13)11-6-2-3-8-14-11/h9-11,14H,2-8H2,1H3/t10-,11+/m0/s1. The largest absolute Gasteiger partial charge is 0.332 e. The Morgan fingerprint density at radius 2 is 2.25 bits per heavy atom.